The maximum atomic E-state index is 12.8. The van der Waals surface area contributed by atoms with Gasteiger partial charge in [0.15, 0.2) is 5.69 Å². The number of carbonyl (C=O) groups is 1. The zero-order valence-electron chi connectivity index (χ0n) is 14.9. The van der Waals surface area contributed by atoms with Gasteiger partial charge in [0, 0.05) is 22.6 Å². The van der Waals surface area contributed by atoms with Crippen molar-refractivity contribution >= 4 is 34.0 Å². The Kier molecular flexibility index (Phi) is 5.09. The zero-order chi connectivity index (χ0) is 18.8. The van der Waals surface area contributed by atoms with Crippen molar-refractivity contribution in [1.82, 2.24) is 9.78 Å². The predicted molar refractivity (Wildman–Crippen MR) is 105 cm³/mol. The molecule has 0 fully saturated rings. The maximum Gasteiger partial charge on any atom is 0.276 e. The van der Waals surface area contributed by atoms with E-state index < -0.39 is 0 Å². The molecule has 6 heteroatoms. The predicted octanol–water partition coefficient (Wildman–Crippen LogP) is 4.27. The lowest BCUT2D eigenvalue weighted by Crippen LogP contribution is -2.29. The van der Waals surface area contributed by atoms with Crippen LogP contribution in [0.15, 0.2) is 47.3 Å². The van der Waals surface area contributed by atoms with Crippen molar-refractivity contribution in [3.63, 3.8) is 0 Å². The summed E-state index contributed by atoms with van der Waals surface area (Å²) in [5.41, 5.74) is 1.54. The summed E-state index contributed by atoms with van der Waals surface area (Å²) in [5, 5.41) is 8.74. The highest BCUT2D eigenvalue weighted by atomic mass is 35.5. The van der Waals surface area contributed by atoms with Crippen LogP contribution >= 0.6 is 11.6 Å². The van der Waals surface area contributed by atoms with Gasteiger partial charge in [0.1, 0.15) is 0 Å². The number of nitrogens with one attached hydrogen (secondary N) is 1. The van der Waals surface area contributed by atoms with Crippen LogP contribution in [0.2, 0.25) is 5.02 Å². The van der Waals surface area contributed by atoms with Crippen LogP contribution in [0.3, 0.4) is 0 Å². The first-order valence-electron chi connectivity index (χ1n) is 8.44. The second-order valence-corrected chi connectivity index (χ2v) is 7.10. The van der Waals surface area contributed by atoms with E-state index in [9.17, 15) is 9.59 Å². The molecule has 0 spiro atoms. The summed E-state index contributed by atoms with van der Waals surface area (Å²) in [5.74, 6) is -0.146. The summed E-state index contributed by atoms with van der Waals surface area (Å²) in [6.45, 7) is 6.33. The van der Waals surface area contributed by atoms with Gasteiger partial charge in [0.05, 0.1) is 5.39 Å². The molecule has 1 aromatic heterocycles. The fourth-order valence-electron chi connectivity index (χ4n) is 2.73. The third-order valence-electron chi connectivity index (χ3n) is 4.05. The number of fused-ring (bicyclic) bond motifs is 1. The fraction of sp³-hybridized carbons (Fsp3) is 0.250. The van der Waals surface area contributed by atoms with Gasteiger partial charge in [0.2, 0.25) is 0 Å². The van der Waals surface area contributed by atoms with Gasteiger partial charge in [-0.15, -0.1) is 0 Å². The highest BCUT2D eigenvalue weighted by Gasteiger charge is 2.17. The zero-order valence-corrected chi connectivity index (χ0v) is 15.7. The molecule has 1 heterocycles. The molecule has 0 radical (unpaired) electrons. The van der Waals surface area contributed by atoms with Crippen LogP contribution in [0.5, 0.6) is 0 Å². The number of aryl methyl sites for hydroxylation is 1. The minimum absolute atomic E-state index is 0.191. The number of aromatic nitrogens is 2. The number of hydrogen-bond donors (Lipinski definition) is 1. The SMILES string of the molecule is Cc1ccc(NC(=O)c2nn(CC(C)C)c(=O)c3ccccc23)cc1Cl. The first kappa shape index (κ1) is 18.1. The maximum absolute atomic E-state index is 12.8. The van der Waals surface area contributed by atoms with E-state index in [4.69, 9.17) is 11.6 Å². The van der Waals surface area contributed by atoms with Crippen molar-refractivity contribution in [3.05, 3.63) is 69.1 Å². The van der Waals surface area contributed by atoms with Gasteiger partial charge in [0.25, 0.3) is 11.5 Å². The van der Waals surface area contributed by atoms with Crippen LogP contribution in [-0.4, -0.2) is 15.7 Å². The molecule has 0 atom stereocenters. The van der Waals surface area contributed by atoms with Crippen molar-refractivity contribution < 1.29 is 4.79 Å². The van der Waals surface area contributed by atoms with E-state index in [1.807, 2.05) is 26.8 Å². The lowest BCUT2D eigenvalue weighted by atomic mass is 10.1. The van der Waals surface area contributed by atoms with Gasteiger partial charge < -0.3 is 5.32 Å². The summed E-state index contributed by atoms with van der Waals surface area (Å²) >= 11 is 6.13. The second kappa shape index (κ2) is 7.30. The topological polar surface area (TPSA) is 64.0 Å². The Balaban J connectivity index is 2.07. The molecule has 3 aromatic rings. The van der Waals surface area contributed by atoms with Crippen LogP contribution in [-0.2, 0) is 6.54 Å². The Morgan fingerprint density at radius 1 is 1.19 bits per heavy atom. The number of amides is 1. The van der Waals surface area contributed by atoms with Gasteiger partial charge in [-0.2, -0.15) is 5.10 Å². The van der Waals surface area contributed by atoms with Gasteiger partial charge in [-0.05, 0) is 36.6 Å². The summed E-state index contributed by atoms with van der Waals surface area (Å²) < 4.78 is 1.37. The molecule has 26 heavy (non-hydrogen) atoms. The van der Waals surface area contributed by atoms with Crippen LogP contribution in [0.25, 0.3) is 10.8 Å². The van der Waals surface area contributed by atoms with Crippen molar-refractivity contribution in [2.45, 2.75) is 27.3 Å². The minimum Gasteiger partial charge on any atom is -0.321 e. The van der Waals surface area contributed by atoms with Crippen LogP contribution in [0.4, 0.5) is 5.69 Å². The van der Waals surface area contributed by atoms with Crippen molar-refractivity contribution in [2.75, 3.05) is 5.32 Å². The molecule has 0 unspecified atom stereocenters. The molecule has 0 aliphatic rings. The minimum atomic E-state index is -0.376. The molecule has 0 saturated heterocycles. The van der Waals surface area contributed by atoms with Gasteiger partial charge >= 0.3 is 0 Å². The monoisotopic (exact) mass is 369 g/mol. The highest BCUT2D eigenvalue weighted by molar-refractivity contribution is 6.31. The van der Waals surface area contributed by atoms with E-state index >= 15 is 0 Å². The van der Waals surface area contributed by atoms with E-state index in [0.29, 0.717) is 28.0 Å². The molecule has 1 N–H and O–H groups in total. The fourth-order valence-corrected chi connectivity index (χ4v) is 2.91. The summed E-state index contributed by atoms with van der Waals surface area (Å²) in [4.78, 5) is 25.5. The average molecular weight is 370 g/mol. The smallest absolute Gasteiger partial charge is 0.276 e. The molecule has 0 aliphatic heterocycles. The van der Waals surface area contributed by atoms with Crippen LogP contribution in [0.1, 0.15) is 29.9 Å². The van der Waals surface area contributed by atoms with E-state index in [0.717, 1.165) is 5.56 Å². The number of carbonyl (C=O) groups excluding carboxylic acids is 1. The number of halogens is 1. The van der Waals surface area contributed by atoms with Crippen molar-refractivity contribution in [3.8, 4) is 0 Å². The van der Waals surface area contributed by atoms with Gasteiger partial charge in [-0.25, -0.2) is 4.68 Å². The second-order valence-electron chi connectivity index (χ2n) is 6.69. The largest absolute Gasteiger partial charge is 0.321 e. The lowest BCUT2D eigenvalue weighted by molar-refractivity contribution is 0.102. The van der Waals surface area contributed by atoms with Crippen LogP contribution < -0.4 is 10.9 Å². The molecule has 5 nitrogen and oxygen atoms in total. The Morgan fingerprint density at radius 3 is 2.54 bits per heavy atom. The van der Waals surface area contributed by atoms with Crippen LogP contribution in [0, 0.1) is 12.8 Å². The number of anilines is 1. The number of rotatable bonds is 4. The number of benzene rings is 2. The molecular formula is C20H20ClN3O2. The first-order valence-corrected chi connectivity index (χ1v) is 8.82. The van der Waals surface area contributed by atoms with E-state index in [2.05, 4.69) is 10.4 Å². The van der Waals surface area contributed by atoms with Crippen molar-refractivity contribution in [2.24, 2.45) is 5.92 Å². The molecule has 2 aromatic carbocycles. The molecule has 3 rings (SSSR count). The molecule has 0 bridgehead atoms. The first-order chi connectivity index (χ1) is 12.4. The summed E-state index contributed by atoms with van der Waals surface area (Å²) in [6.07, 6.45) is 0. The summed E-state index contributed by atoms with van der Waals surface area (Å²) in [6, 6.07) is 12.3. The third kappa shape index (κ3) is 3.63. The average Bonchev–Trinajstić information content (AvgIpc) is 2.60. The van der Waals surface area contributed by atoms with E-state index in [-0.39, 0.29) is 23.1 Å². The lowest BCUT2D eigenvalue weighted by Gasteiger charge is -2.13. The Hall–Kier alpha value is -2.66. The van der Waals surface area contributed by atoms with E-state index in [1.165, 1.54) is 4.68 Å². The summed E-state index contributed by atoms with van der Waals surface area (Å²) in [7, 11) is 0. The quantitative estimate of drug-likeness (QED) is 0.747. The third-order valence-corrected chi connectivity index (χ3v) is 4.46. The Morgan fingerprint density at radius 2 is 1.88 bits per heavy atom. The number of hydrogen-bond acceptors (Lipinski definition) is 3. The Labute approximate surface area is 156 Å². The number of nitrogens with zero attached hydrogens (tertiary/aromatic N) is 2. The highest BCUT2D eigenvalue weighted by Crippen LogP contribution is 2.21. The van der Waals surface area contributed by atoms with Gasteiger partial charge in [-0.3, -0.25) is 9.59 Å². The molecular weight excluding hydrogens is 350 g/mol. The Bertz CT molecular complexity index is 1040. The van der Waals surface area contributed by atoms with Gasteiger partial charge in [-0.1, -0.05) is 49.7 Å². The molecule has 0 saturated carbocycles. The normalized spacial score (nSPS) is 11.1. The molecule has 134 valence electrons. The van der Waals surface area contributed by atoms with E-state index in [1.54, 1.807) is 36.4 Å². The molecule has 0 aliphatic carbocycles. The van der Waals surface area contributed by atoms with Crippen molar-refractivity contribution in [1.29, 1.82) is 0 Å². The standard InChI is InChI=1S/C20H20ClN3O2/c1-12(2)11-24-20(26)16-7-5-4-6-15(16)18(23-24)19(25)22-14-9-8-13(3)17(21)10-14/h4-10,12H,11H2,1-3H3,(H,22,25). The molecule has 1 amide bonds.